The molecule has 1 unspecified atom stereocenters. The highest BCUT2D eigenvalue weighted by Gasteiger charge is 2.23. The quantitative estimate of drug-likeness (QED) is 0.173. The van der Waals surface area contributed by atoms with Crippen molar-refractivity contribution < 1.29 is 0 Å². The summed E-state index contributed by atoms with van der Waals surface area (Å²) < 4.78 is 2.28. The topological polar surface area (TPSA) is 30.9 Å². The predicted octanol–water partition coefficient (Wildman–Crippen LogP) is 10.9. The van der Waals surface area contributed by atoms with Crippen molar-refractivity contribution in [3.8, 4) is 33.4 Å². The summed E-state index contributed by atoms with van der Waals surface area (Å²) in [5.41, 5.74) is 18.7. The first-order chi connectivity index (χ1) is 21.6. The smallest absolute Gasteiger partial charge is 0.0544 e. The Morgan fingerprint density at radius 2 is 1.16 bits per heavy atom. The molecule has 0 saturated carbocycles. The van der Waals surface area contributed by atoms with Crippen molar-refractivity contribution >= 4 is 28.2 Å². The molecule has 0 radical (unpaired) electrons. The average molecular weight is 569 g/mol. The number of hydrogen-bond acceptors (Lipinski definition) is 1. The molecule has 0 aliphatic rings. The van der Waals surface area contributed by atoms with Crippen LogP contribution in [0.3, 0.4) is 0 Å². The zero-order valence-electron chi connectivity index (χ0n) is 25.0. The number of para-hydroxylation sites is 1. The van der Waals surface area contributed by atoms with Crippen LogP contribution in [0.5, 0.6) is 0 Å². The summed E-state index contributed by atoms with van der Waals surface area (Å²) in [5.74, 6) is -0.0532. The lowest BCUT2D eigenvalue weighted by atomic mass is 9.91. The second-order valence-electron chi connectivity index (χ2n) is 10.9. The van der Waals surface area contributed by atoms with Crippen molar-refractivity contribution in [2.45, 2.75) is 6.92 Å². The lowest BCUT2D eigenvalue weighted by Crippen LogP contribution is -2.11. The fraction of sp³-hybridized carbons (Fsp3) is 0.0476. The lowest BCUT2D eigenvalue weighted by Gasteiger charge is -2.22. The molecule has 5 aromatic carbocycles. The maximum atomic E-state index is 6.47. The summed E-state index contributed by atoms with van der Waals surface area (Å²) in [6.45, 7) is 10.7. The van der Waals surface area contributed by atoms with Crippen molar-refractivity contribution in [2.24, 2.45) is 11.7 Å². The van der Waals surface area contributed by atoms with Crippen LogP contribution in [0.2, 0.25) is 0 Å². The molecule has 1 atom stereocenters. The Hall–Kier alpha value is -5.60. The highest BCUT2D eigenvalue weighted by molar-refractivity contribution is 6.03. The lowest BCUT2D eigenvalue weighted by molar-refractivity contribution is 0.897. The molecule has 0 aliphatic heterocycles. The van der Waals surface area contributed by atoms with Crippen LogP contribution in [-0.2, 0) is 0 Å². The maximum absolute atomic E-state index is 6.47. The van der Waals surface area contributed by atoms with Crippen molar-refractivity contribution in [3.05, 3.63) is 176 Å². The van der Waals surface area contributed by atoms with Crippen molar-refractivity contribution in [2.75, 3.05) is 0 Å². The van der Waals surface area contributed by atoms with Gasteiger partial charge in [-0.05, 0) is 51.1 Å². The minimum Gasteiger partial charge on any atom is -0.403 e. The highest BCUT2D eigenvalue weighted by Crippen LogP contribution is 2.41. The Morgan fingerprint density at radius 3 is 1.73 bits per heavy atom. The molecule has 0 saturated heterocycles. The molecule has 1 aromatic heterocycles. The van der Waals surface area contributed by atoms with E-state index in [4.69, 9.17) is 5.73 Å². The van der Waals surface area contributed by atoms with Gasteiger partial charge in [-0.15, -0.1) is 0 Å². The Labute approximate surface area is 260 Å². The van der Waals surface area contributed by atoms with Crippen LogP contribution in [0.1, 0.15) is 18.2 Å². The Balaban J connectivity index is 1.43. The molecule has 2 nitrogen and oxygen atoms in total. The number of benzene rings is 5. The molecule has 44 heavy (non-hydrogen) atoms. The van der Waals surface area contributed by atoms with Crippen LogP contribution < -0.4 is 5.73 Å². The third kappa shape index (κ3) is 5.46. The maximum Gasteiger partial charge on any atom is 0.0544 e. The molecule has 0 bridgehead atoms. The van der Waals surface area contributed by atoms with Gasteiger partial charge in [0.05, 0.1) is 11.2 Å². The van der Waals surface area contributed by atoms with Crippen LogP contribution in [0.4, 0.5) is 0 Å². The largest absolute Gasteiger partial charge is 0.403 e. The van der Waals surface area contributed by atoms with Gasteiger partial charge in [0.25, 0.3) is 0 Å². The highest BCUT2D eigenvalue weighted by atomic mass is 15.0. The van der Waals surface area contributed by atoms with E-state index in [2.05, 4.69) is 152 Å². The zero-order chi connectivity index (χ0) is 30.5. The summed E-state index contributed by atoms with van der Waals surface area (Å²) in [4.78, 5) is 0. The average Bonchev–Trinajstić information content (AvgIpc) is 3.42. The fourth-order valence-electron chi connectivity index (χ4n) is 5.97. The summed E-state index contributed by atoms with van der Waals surface area (Å²) in [6, 6.07) is 46.9. The number of hydrogen-bond donors (Lipinski definition) is 1. The molecular weight excluding hydrogens is 532 g/mol. The van der Waals surface area contributed by atoms with Gasteiger partial charge in [-0.3, -0.25) is 0 Å². The number of rotatable bonds is 9. The van der Waals surface area contributed by atoms with Gasteiger partial charge in [0.2, 0.25) is 0 Å². The van der Waals surface area contributed by atoms with Crippen LogP contribution in [0.25, 0.3) is 61.6 Å². The molecule has 0 aliphatic carbocycles. The van der Waals surface area contributed by atoms with E-state index in [1.54, 1.807) is 6.20 Å². The second-order valence-corrected chi connectivity index (χ2v) is 10.9. The normalized spacial score (nSPS) is 12.4. The molecule has 6 rings (SSSR count). The van der Waals surface area contributed by atoms with Gasteiger partial charge in [-0.1, -0.05) is 160 Å². The summed E-state index contributed by atoms with van der Waals surface area (Å²) in [5, 5.41) is 1.16. The van der Waals surface area contributed by atoms with Crippen molar-refractivity contribution in [1.82, 2.24) is 4.57 Å². The minimum atomic E-state index is -0.0532. The number of allylic oxidation sites excluding steroid dienone is 4. The van der Waals surface area contributed by atoms with Crippen LogP contribution in [0.15, 0.2) is 165 Å². The molecule has 6 aromatic rings. The number of nitrogens with zero attached hydrogens (tertiary/aromatic N) is 1. The van der Waals surface area contributed by atoms with Crippen LogP contribution in [0, 0.1) is 5.92 Å². The minimum absolute atomic E-state index is 0.0532. The molecule has 2 heteroatoms. The third-order valence-corrected chi connectivity index (χ3v) is 8.34. The molecule has 0 fully saturated rings. The summed E-state index contributed by atoms with van der Waals surface area (Å²) >= 11 is 0. The predicted molar refractivity (Wildman–Crippen MR) is 191 cm³/mol. The molecule has 1 heterocycles. The van der Waals surface area contributed by atoms with Crippen LogP contribution in [-0.4, -0.2) is 4.57 Å². The standard InChI is InChI=1S/C42H36N2/c1-4-5-19-40-42(37-27-25-36(26-28-37)34-16-10-7-11-17-34)38-18-12-13-20-39(38)44(40)41(29-43)31(3)30(2)32-21-23-35(24-22-32)33-14-8-6-9-15-33/h4-29,31H,1-2,43H2,3H3/b19-5-,41-29+. The van der Waals surface area contributed by atoms with E-state index in [9.17, 15) is 0 Å². The van der Waals surface area contributed by atoms with E-state index < -0.39 is 0 Å². The van der Waals surface area contributed by atoms with E-state index in [0.717, 1.165) is 44.6 Å². The van der Waals surface area contributed by atoms with E-state index in [0.29, 0.717) is 0 Å². The van der Waals surface area contributed by atoms with Gasteiger partial charge in [0, 0.05) is 28.8 Å². The fourth-order valence-corrected chi connectivity index (χ4v) is 5.97. The van der Waals surface area contributed by atoms with Gasteiger partial charge < -0.3 is 10.3 Å². The SMILES string of the molecule is C=C/C=C\c1c(-c2ccc(-c3ccccc3)cc2)c2ccccc2n1/C(=C/N)C(C)C(=C)c1ccc(-c2ccccc2)cc1. The number of aromatic nitrogens is 1. The zero-order valence-corrected chi connectivity index (χ0v) is 25.0. The van der Waals surface area contributed by atoms with Gasteiger partial charge in [0.1, 0.15) is 0 Å². The van der Waals surface area contributed by atoms with Gasteiger partial charge in [-0.25, -0.2) is 0 Å². The number of fused-ring (bicyclic) bond motifs is 1. The molecular formula is C42H36N2. The Kier molecular flexibility index (Phi) is 8.25. The second kappa shape index (κ2) is 12.7. The summed E-state index contributed by atoms with van der Waals surface area (Å²) in [6.07, 6.45) is 7.66. The number of nitrogens with two attached hydrogens (primary N) is 1. The van der Waals surface area contributed by atoms with Crippen LogP contribution >= 0.6 is 0 Å². The van der Waals surface area contributed by atoms with E-state index >= 15 is 0 Å². The molecule has 0 spiro atoms. The molecule has 214 valence electrons. The summed E-state index contributed by atoms with van der Waals surface area (Å²) in [7, 11) is 0. The van der Waals surface area contributed by atoms with Gasteiger partial charge >= 0.3 is 0 Å². The first kappa shape index (κ1) is 28.5. The van der Waals surface area contributed by atoms with Crippen molar-refractivity contribution in [3.63, 3.8) is 0 Å². The third-order valence-electron chi connectivity index (χ3n) is 8.34. The van der Waals surface area contributed by atoms with Crippen molar-refractivity contribution in [1.29, 1.82) is 0 Å². The van der Waals surface area contributed by atoms with E-state index in [1.165, 1.54) is 22.3 Å². The van der Waals surface area contributed by atoms with E-state index in [-0.39, 0.29) is 5.92 Å². The van der Waals surface area contributed by atoms with Gasteiger partial charge in [-0.2, -0.15) is 0 Å². The molecule has 0 amide bonds. The van der Waals surface area contributed by atoms with Gasteiger partial charge in [0.15, 0.2) is 0 Å². The Morgan fingerprint density at radius 1 is 0.659 bits per heavy atom. The first-order valence-corrected chi connectivity index (χ1v) is 15.0. The Bertz CT molecular complexity index is 1970. The molecule has 2 N–H and O–H groups in total. The van der Waals surface area contributed by atoms with E-state index in [1.807, 2.05) is 24.3 Å². The first-order valence-electron chi connectivity index (χ1n) is 15.0. The monoisotopic (exact) mass is 568 g/mol.